The van der Waals surface area contributed by atoms with Crippen LogP contribution < -0.4 is 9.39 Å². The van der Waals surface area contributed by atoms with Crippen LogP contribution in [-0.4, -0.2) is 24.5 Å². The van der Waals surface area contributed by atoms with E-state index in [4.69, 9.17) is 20.0 Å². The Morgan fingerprint density at radius 3 is 2.50 bits per heavy atom. The highest BCUT2D eigenvalue weighted by Crippen LogP contribution is 2.27. The summed E-state index contributed by atoms with van der Waals surface area (Å²) in [6.45, 7) is 0. The number of rotatable bonds is 3. The first-order valence-corrected chi connectivity index (χ1v) is 3.79. The molecule has 0 amide bonds. The first-order valence-electron chi connectivity index (χ1n) is 3.79. The fraction of sp³-hybridized carbons (Fsp3) is 0.125. The fourth-order valence-electron chi connectivity index (χ4n) is 1.00. The zero-order valence-electron chi connectivity index (χ0n) is 7.47. The molecule has 72 valence electrons. The van der Waals surface area contributed by atoms with E-state index in [1.165, 1.54) is 13.2 Å². The summed E-state index contributed by atoms with van der Waals surface area (Å²) in [4.78, 5) is 0. The monoisotopic (exact) mass is 193 g/mol. The minimum Gasteiger partial charge on any atom is -0.511 e. The molecule has 0 aliphatic heterocycles. The van der Waals surface area contributed by atoms with E-state index >= 15 is 0 Å². The molecule has 0 radical (unpaired) electrons. The van der Waals surface area contributed by atoms with Gasteiger partial charge in [-0.2, -0.15) is 5.26 Å². The van der Waals surface area contributed by atoms with E-state index in [1.807, 2.05) is 6.07 Å². The Balaban J connectivity index is 3.10. The number of nitriles is 1. The van der Waals surface area contributed by atoms with Gasteiger partial charge in [0.15, 0.2) is 0 Å². The van der Waals surface area contributed by atoms with Crippen molar-refractivity contribution in [2.24, 2.45) is 0 Å². The van der Waals surface area contributed by atoms with Crippen molar-refractivity contribution in [3.8, 4) is 17.6 Å². The third-order valence-corrected chi connectivity index (χ3v) is 1.55. The summed E-state index contributed by atoms with van der Waals surface area (Å²) in [6, 6.07) is 6.45. The highest BCUT2D eigenvalue weighted by atomic mass is 16.6. The minimum absolute atomic E-state index is 0.0712. The van der Waals surface area contributed by atoms with Crippen molar-refractivity contribution in [1.29, 1.82) is 5.26 Å². The maximum atomic E-state index is 8.77. The third-order valence-electron chi connectivity index (χ3n) is 1.55. The molecule has 1 aromatic rings. The van der Waals surface area contributed by atoms with Crippen molar-refractivity contribution in [3.05, 3.63) is 23.8 Å². The van der Waals surface area contributed by atoms with Crippen LogP contribution >= 0.6 is 0 Å². The highest BCUT2D eigenvalue weighted by molar-refractivity contribution is 6.33. The number of ether oxygens (including phenoxy) is 1. The van der Waals surface area contributed by atoms with Crippen molar-refractivity contribution >= 4 is 7.32 Å². The molecule has 0 aliphatic carbocycles. The van der Waals surface area contributed by atoms with Gasteiger partial charge in [0.2, 0.25) is 0 Å². The number of nitrogens with zero attached hydrogens (tertiary/aromatic N) is 1. The Morgan fingerprint density at radius 1 is 1.36 bits per heavy atom. The van der Waals surface area contributed by atoms with E-state index in [2.05, 4.69) is 4.65 Å². The summed E-state index contributed by atoms with van der Waals surface area (Å²) in [7, 11) is -0.538. The molecular formula is C8H8BNO4. The van der Waals surface area contributed by atoms with Crippen LogP contribution in [0.2, 0.25) is 0 Å². The van der Waals surface area contributed by atoms with Crippen molar-refractivity contribution in [1.82, 2.24) is 0 Å². The minimum atomic E-state index is -1.95. The number of hydrogen-bond acceptors (Lipinski definition) is 5. The van der Waals surface area contributed by atoms with Crippen LogP contribution in [0.25, 0.3) is 0 Å². The van der Waals surface area contributed by atoms with Crippen molar-refractivity contribution in [2.75, 3.05) is 7.11 Å². The Kier molecular flexibility index (Phi) is 3.34. The van der Waals surface area contributed by atoms with Gasteiger partial charge in [0.25, 0.3) is 0 Å². The van der Waals surface area contributed by atoms with E-state index in [-0.39, 0.29) is 11.3 Å². The molecular weight excluding hydrogens is 185 g/mol. The predicted molar refractivity (Wildman–Crippen MR) is 48.5 cm³/mol. The van der Waals surface area contributed by atoms with Gasteiger partial charge in [0, 0.05) is 0 Å². The molecule has 0 unspecified atom stereocenters. The van der Waals surface area contributed by atoms with E-state index in [1.54, 1.807) is 12.1 Å². The van der Waals surface area contributed by atoms with Crippen LogP contribution in [0, 0.1) is 11.3 Å². The first-order chi connectivity index (χ1) is 6.69. The van der Waals surface area contributed by atoms with Crippen LogP contribution in [0.15, 0.2) is 18.2 Å². The Bertz CT molecular complexity index is 361. The summed E-state index contributed by atoms with van der Waals surface area (Å²) in [6.07, 6.45) is 0. The molecule has 1 aromatic carbocycles. The summed E-state index contributed by atoms with van der Waals surface area (Å²) in [5.41, 5.74) is 0.128. The third kappa shape index (κ3) is 2.16. The molecule has 0 fully saturated rings. The number of benzene rings is 1. The molecule has 0 bridgehead atoms. The average Bonchev–Trinajstić information content (AvgIpc) is 2.16. The zero-order valence-corrected chi connectivity index (χ0v) is 7.47. The van der Waals surface area contributed by atoms with Gasteiger partial charge in [-0.1, -0.05) is 6.07 Å². The Labute approximate surface area is 81.3 Å². The number of methoxy groups -OCH3 is 1. The van der Waals surface area contributed by atoms with E-state index in [0.29, 0.717) is 5.75 Å². The Morgan fingerprint density at radius 2 is 2.00 bits per heavy atom. The molecule has 5 nitrogen and oxygen atoms in total. The summed E-state index contributed by atoms with van der Waals surface area (Å²) in [5, 5.41) is 25.9. The fourth-order valence-corrected chi connectivity index (χ4v) is 1.00. The summed E-state index contributed by atoms with van der Waals surface area (Å²) in [5.74, 6) is 0.396. The van der Waals surface area contributed by atoms with Crippen LogP contribution in [0.4, 0.5) is 0 Å². The summed E-state index contributed by atoms with van der Waals surface area (Å²) >= 11 is 0. The van der Waals surface area contributed by atoms with Gasteiger partial charge in [-0.3, -0.25) is 0 Å². The van der Waals surface area contributed by atoms with E-state index < -0.39 is 7.32 Å². The molecule has 0 spiro atoms. The zero-order chi connectivity index (χ0) is 10.6. The molecule has 6 heteroatoms. The van der Waals surface area contributed by atoms with Crippen LogP contribution in [0.5, 0.6) is 11.5 Å². The second-order valence-electron chi connectivity index (χ2n) is 2.39. The smallest absolute Gasteiger partial charge is 0.511 e. The lowest BCUT2D eigenvalue weighted by Gasteiger charge is -2.09. The molecule has 1 rings (SSSR count). The standard InChI is InChI=1S/C8H8BNO4/c1-13-7-3-2-4-8(6(7)5-10)14-9(11)12/h2-4,11-12H,1H3. The van der Waals surface area contributed by atoms with Crippen LogP contribution in [0.3, 0.4) is 0 Å². The van der Waals surface area contributed by atoms with Crippen molar-refractivity contribution < 1.29 is 19.4 Å². The normalized spacial score (nSPS) is 9.00. The lowest BCUT2D eigenvalue weighted by Crippen LogP contribution is -2.21. The van der Waals surface area contributed by atoms with Gasteiger partial charge in [-0.15, -0.1) is 0 Å². The van der Waals surface area contributed by atoms with Gasteiger partial charge in [-0.25, -0.2) is 0 Å². The van der Waals surface area contributed by atoms with Crippen LogP contribution in [0.1, 0.15) is 5.56 Å². The van der Waals surface area contributed by atoms with Gasteiger partial charge in [0.05, 0.1) is 7.11 Å². The molecule has 0 atom stereocenters. The molecule has 0 aromatic heterocycles. The molecule has 14 heavy (non-hydrogen) atoms. The maximum absolute atomic E-state index is 8.77. The van der Waals surface area contributed by atoms with E-state index in [9.17, 15) is 0 Å². The van der Waals surface area contributed by atoms with Crippen molar-refractivity contribution in [3.63, 3.8) is 0 Å². The van der Waals surface area contributed by atoms with Gasteiger partial charge >= 0.3 is 7.32 Å². The SMILES string of the molecule is COc1cccc(OB(O)O)c1C#N. The van der Waals surface area contributed by atoms with E-state index in [0.717, 1.165) is 0 Å². The lowest BCUT2D eigenvalue weighted by molar-refractivity contribution is 0.287. The largest absolute Gasteiger partial charge is 0.707 e. The van der Waals surface area contributed by atoms with Gasteiger partial charge in [-0.05, 0) is 12.1 Å². The second-order valence-corrected chi connectivity index (χ2v) is 2.39. The average molecular weight is 193 g/mol. The molecule has 2 N–H and O–H groups in total. The molecule has 0 heterocycles. The topological polar surface area (TPSA) is 82.7 Å². The Hall–Kier alpha value is -1.71. The predicted octanol–water partition coefficient (Wildman–Crippen LogP) is -0.0848. The van der Waals surface area contributed by atoms with Crippen LogP contribution in [-0.2, 0) is 0 Å². The first kappa shape index (κ1) is 10.4. The van der Waals surface area contributed by atoms with Gasteiger partial charge < -0.3 is 19.4 Å². The molecule has 0 saturated carbocycles. The second kappa shape index (κ2) is 4.51. The summed E-state index contributed by atoms with van der Waals surface area (Å²) < 4.78 is 9.48. The molecule has 0 saturated heterocycles. The quantitative estimate of drug-likeness (QED) is 0.655. The van der Waals surface area contributed by atoms with Crippen molar-refractivity contribution in [2.45, 2.75) is 0 Å². The maximum Gasteiger partial charge on any atom is 0.707 e. The highest BCUT2D eigenvalue weighted by Gasteiger charge is 2.16. The van der Waals surface area contributed by atoms with Gasteiger partial charge in [0.1, 0.15) is 23.1 Å². The number of hydrogen-bond donors (Lipinski definition) is 2. The molecule has 0 aliphatic rings. The lowest BCUT2D eigenvalue weighted by atomic mass is 10.1.